The van der Waals surface area contributed by atoms with Crippen molar-refractivity contribution in [1.82, 2.24) is 9.97 Å². The van der Waals surface area contributed by atoms with Gasteiger partial charge < -0.3 is 10.1 Å². The highest BCUT2D eigenvalue weighted by molar-refractivity contribution is 7.13. The topological polar surface area (TPSA) is 81.2 Å². The molecule has 0 aliphatic rings. The zero-order valence-electron chi connectivity index (χ0n) is 11.5. The third-order valence-corrected chi connectivity index (χ3v) is 3.30. The van der Waals surface area contributed by atoms with Crippen molar-refractivity contribution in [2.24, 2.45) is 0 Å². The summed E-state index contributed by atoms with van der Waals surface area (Å²) >= 11 is 1.28. The van der Waals surface area contributed by atoms with Crippen molar-refractivity contribution >= 4 is 28.3 Å². The summed E-state index contributed by atoms with van der Waals surface area (Å²) in [6.07, 6.45) is 1.94. The lowest BCUT2D eigenvalue weighted by Gasteiger charge is -2.01. The van der Waals surface area contributed by atoms with Crippen LogP contribution in [-0.2, 0) is 27.2 Å². The van der Waals surface area contributed by atoms with Gasteiger partial charge in [-0.3, -0.25) is 14.6 Å². The number of thiazole rings is 1. The van der Waals surface area contributed by atoms with Crippen molar-refractivity contribution < 1.29 is 14.3 Å². The van der Waals surface area contributed by atoms with Crippen LogP contribution in [-0.4, -0.2) is 28.5 Å². The molecule has 0 saturated carbocycles. The van der Waals surface area contributed by atoms with E-state index in [9.17, 15) is 9.59 Å². The van der Waals surface area contributed by atoms with Gasteiger partial charge >= 0.3 is 5.97 Å². The molecule has 0 aliphatic heterocycles. The van der Waals surface area contributed by atoms with Gasteiger partial charge in [-0.2, -0.15) is 0 Å². The Balaban J connectivity index is 1.87. The summed E-state index contributed by atoms with van der Waals surface area (Å²) in [7, 11) is 0. The smallest absolute Gasteiger partial charge is 0.311 e. The molecule has 0 atom stereocenters. The van der Waals surface area contributed by atoms with Gasteiger partial charge in [-0.15, -0.1) is 11.3 Å². The second-order valence-electron chi connectivity index (χ2n) is 4.17. The van der Waals surface area contributed by atoms with Gasteiger partial charge in [0.15, 0.2) is 5.13 Å². The van der Waals surface area contributed by atoms with Crippen molar-refractivity contribution in [3.05, 3.63) is 41.2 Å². The molecule has 2 rings (SSSR count). The first kappa shape index (κ1) is 15.1. The summed E-state index contributed by atoms with van der Waals surface area (Å²) in [5.41, 5.74) is 1.28. The van der Waals surface area contributed by atoms with Gasteiger partial charge in [0.2, 0.25) is 5.91 Å². The number of hydrogen-bond acceptors (Lipinski definition) is 6. The molecule has 7 heteroatoms. The third-order valence-electron chi connectivity index (χ3n) is 2.50. The minimum absolute atomic E-state index is 0.112. The molecule has 0 aliphatic carbocycles. The average molecular weight is 305 g/mol. The van der Waals surface area contributed by atoms with E-state index in [1.54, 1.807) is 30.6 Å². The number of amides is 1. The number of nitrogens with zero attached hydrogens (tertiary/aromatic N) is 2. The van der Waals surface area contributed by atoms with Crippen LogP contribution in [0.25, 0.3) is 0 Å². The number of carbonyl (C=O) groups is 2. The molecule has 0 saturated heterocycles. The maximum atomic E-state index is 11.8. The number of nitrogens with one attached hydrogen (secondary N) is 1. The van der Waals surface area contributed by atoms with Crippen molar-refractivity contribution in [3.8, 4) is 0 Å². The molecular formula is C14H15N3O3S. The normalized spacial score (nSPS) is 10.1. The van der Waals surface area contributed by atoms with Crippen LogP contribution in [0.4, 0.5) is 5.13 Å². The molecule has 0 bridgehead atoms. The van der Waals surface area contributed by atoms with Gasteiger partial charge in [0.1, 0.15) is 0 Å². The van der Waals surface area contributed by atoms with Crippen LogP contribution < -0.4 is 5.32 Å². The monoisotopic (exact) mass is 305 g/mol. The minimum atomic E-state index is -0.325. The first-order chi connectivity index (χ1) is 10.2. The fourth-order valence-corrected chi connectivity index (χ4v) is 2.36. The maximum Gasteiger partial charge on any atom is 0.311 e. The molecule has 6 nitrogen and oxygen atoms in total. The number of esters is 1. The predicted molar refractivity (Wildman–Crippen MR) is 79.0 cm³/mol. The molecular weight excluding hydrogens is 290 g/mol. The average Bonchev–Trinajstić information content (AvgIpc) is 2.87. The van der Waals surface area contributed by atoms with E-state index < -0.39 is 0 Å². The number of rotatable bonds is 6. The Hall–Kier alpha value is -2.28. The molecule has 0 fully saturated rings. The van der Waals surface area contributed by atoms with E-state index in [-0.39, 0.29) is 24.7 Å². The Bertz CT molecular complexity index is 613. The maximum absolute atomic E-state index is 11.8. The molecule has 2 aromatic rings. The van der Waals surface area contributed by atoms with Crippen LogP contribution in [0.3, 0.4) is 0 Å². The van der Waals surface area contributed by atoms with Gasteiger partial charge in [-0.25, -0.2) is 4.98 Å². The number of anilines is 1. The molecule has 21 heavy (non-hydrogen) atoms. The molecule has 2 heterocycles. The van der Waals surface area contributed by atoms with Gasteiger partial charge in [0, 0.05) is 17.3 Å². The standard InChI is InChI=1S/C14H15N3O3S/c1-2-20-13(19)8-11-9-21-14(16-11)17-12(18)7-10-5-3-4-6-15-10/h3-6,9H,2,7-8H2,1H3,(H,16,17,18). The molecule has 1 amide bonds. The summed E-state index contributed by atoms with van der Waals surface area (Å²) in [5.74, 6) is -0.514. The quantitative estimate of drug-likeness (QED) is 0.823. The number of ether oxygens (including phenoxy) is 1. The van der Waals surface area contributed by atoms with Crippen LogP contribution in [0.2, 0.25) is 0 Å². The first-order valence-electron chi connectivity index (χ1n) is 6.47. The van der Waals surface area contributed by atoms with Crippen LogP contribution in [0.15, 0.2) is 29.8 Å². The van der Waals surface area contributed by atoms with E-state index in [4.69, 9.17) is 4.74 Å². The van der Waals surface area contributed by atoms with Crippen molar-refractivity contribution in [3.63, 3.8) is 0 Å². The number of pyridine rings is 1. The highest BCUT2D eigenvalue weighted by Gasteiger charge is 2.11. The lowest BCUT2D eigenvalue weighted by atomic mass is 10.2. The van der Waals surface area contributed by atoms with Gasteiger partial charge in [-0.1, -0.05) is 6.07 Å². The molecule has 0 spiro atoms. The van der Waals surface area contributed by atoms with E-state index in [0.29, 0.717) is 23.1 Å². The van der Waals surface area contributed by atoms with Crippen molar-refractivity contribution in [2.45, 2.75) is 19.8 Å². The minimum Gasteiger partial charge on any atom is -0.466 e. The van der Waals surface area contributed by atoms with E-state index in [1.807, 2.05) is 6.07 Å². The largest absolute Gasteiger partial charge is 0.466 e. The van der Waals surface area contributed by atoms with E-state index in [1.165, 1.54) is 11.3 Å². The molecule has 1 N–H and O–H groups in total. The molecule has 2 aromatic heterocycles. The highest BCUT2D eigenvalue weighted by Crippen LogP contribution is 2.16. The van der Waals surface area contributed by atoms with Crippen molar-refractivity contribution in [1.29, 1.82) is 0 Å². The van der Waals surface area contributed by atoms with E-state index >= 15 is 0 Å². The molecule has 0 unspecified atom stereocenters. The fourth-order valence-electron chi connectivity index (χ4n) is 1.64. The van der Waals surface area contributed by atoms with Crippen LogP contribution in [0, 0.1) is 0 Å². The Kier molecular flexibility index (Phi) is 5.39. The molecule has 0 radical (unpaired) electrons. The zero-order chi connectivity index (χ0) is 15.1. The van der Waals surface area contributed by atoms with E-state index in [0.717, 1.165) is 0 Å². The fraction of sp³-hybridized carbons (Fsp3) is 0.286. The number of aromatic nitrogens is 2. The Morgan fingerprint density at radius 3 is 2.86 bits per heavy atom. The Morgan fingerprint density at radius 2 is 2.14 bits per heavy atom. The Labute approximate surface area is 126 Å². The summed E-state index contributed by atoms with van der Waals surface area (Å²) in [5, 5.41) is 4.89. The van der Waals surface area contributed by atoms with Crippen molar-refractivity contribution in [2.75, 3.05) is 11.9 Å². The van der Waals surface area contributed by atoms with Gasteiger partial charge in [0.05, 0.1) is 25.1 Å². The zero-order valence-corrected chi connectivity index (χ0v) is 12.4. The third kappa shape index (κ3) is 4.96. The van der Waals surface area contributed by atoms with Gasteiger partial charge in [0.25, 0.3) is 0 Å². The Morgan fingerprint density at radius 1 is 1.29 bits per heavy atom. The van der Waals surface area contributed by atoms with Crippen LogP contribution in [0.5, 0.6) is 0 Å². The summed E-state index contributed by atoms with van der Waals surface area (Å²) in [6, 6.07) is 5.41. The highest BCUT2D eigenvalue weighted by atomic mass is 32.1. The number of hydrogen-bond donors (Lipinski definition) is 1. The molecule has 110 valence electrons. The van der Waals surface area contributed by atoms with Crippen LogP contribution >= 0.6 is 11.3 Å². The lowest BCUT2D eigenvalue weighted by molar-refractivity contribution is -0.142. The predicted octanol–water partition coefficient (Wildman–Crippen LogP) is 1.82. The summed E-state index contributed by atoms with van der Waals surface area (Å²) in [4.78, 5) is 31.4. The second-order valence-corrected chi connectivity index (χ2v) is 5.03. The lowest BCUT2D eigenvalue weighted by Crippen LogP contribution is -2.15. The summed E-state index contributed by atoms with van der Waals surface area (Å²) < 4.78 is 4.85. The second kappa shape index (κ2) is 7.49. The molecule has 0 aromatic carbocycles. The van der Waals surface area contributed by atoms with E-state index in [2.05, 4.69) is 15.3 Å². The van der Waals surface area contributed by atoms with Gasteiger partial charge in [-0.05, 0) is 19.1 Å². The SMILES string of the molecule is CCOC(=O)Cc1csc(NC(=O)Cc2ccccn2)n1. The first-order valence-corrected chi connectivity index (χ1v) is 7.35. The van der Waals surface area contributed by atoms with Crippen LogP contribution in [0.1, 0.15) is 18.3 Å². The number of carbonyl (C=O) groups excluding carboxylic acids is 2. The summed E-state index contributed by atoms with van der Waals surface area (Å²) in [6.45, 7) is 2.10.